The molecule has 2 amide bonds. The van der Waals surface area contributed by atoms with Crippen LogP contribution in [0.1, 0.15) is 25.3 Å². The molecule has 0 saturated carbocycles. The molecule has 0 unspecified atom stereocenters. The second-order valence-corrected chi connectivity index (χ2v) is 8.07. The third-order valence-electron chi connectivity index (χ3n) is 5.89. The van der Waals surface area contributed by atoms with Crippen molar-refractivity contribution in [1.82, 2.24) is 9.80 Å². The lowest BCUT2D eigenvalue weighted by molar-refractivity contribution is -0.134. The minimum Gasteiger partial charge on any atom is -0.495 e. The highest BCUT2D eigenvalue weighted by Crippen LogP contribution is 2.23. The van der Waals surface area contributed by atoms with Crippen LogP contribution in [-0.2, 0) is 16.0 Å². The van der Waals surface area contributed by atoms with Gasteiger partial charge in [-0.1, -0.05) is 49.4 Å². The van der Waals surface area contributed by atoms with Crippen LogP contribution in [0.3, 0.4) is 0 Å². The van der Waals surface area contributed by atoms with Crippen molar-refractivity contribution in [2.45, 2.75) is 26.2 Å². The van der Waals surface area contributed by atoms with Gasteiger partial charge in [-0.15, -0.1) is 0 Å². The first-order chi connectivity index (χ1) is 15.1. The minimum absolute atomic E-state index is 0.102. The molecule has 1 aliphatic rings. The number of hydrogen-bond acceptors (Lipinski definition) is 4. The zero-order valence-electron chi connectivity index (χ0n) is 18.5. The number of carbonyl (C=O) groups is 2. The van der Waals surface area contributed by atoms with Crippen LogP contribution >= 0.6 is 0 Å². The maximum Gasteiger partial charge on any atom is 0.238 e. The van der Waals surface area contributed by atoms with Gasteiger partial charge < -0.3 is 15.0 Å². The number of methoxy groups -OCH3 is 1. The van der Waals surface area contributed by atoms with Crippen molar-refractivity contribution in [2.75, 3.05) is 45.2 Å². The van der Waals surface area contributed by atoms with Crippen LogP contribution in [0.15, 0.2) is 54.6 Å². The molecule has 2 aromatic carbocycles. The van der Waals surface area contributed by atoms with E-state index in [1.807, 2.05) is 34.9 Å². The number of carbonyl (C=O) groups excluding carboxylic acids is 2. The van der Waals surface area contributed by atoms with Gasteiger partial charge in [-0.25, -0.2) is 0 Å². The number of rotatable bonds is 9. The molecule has 0 aliphatic carbocycles. The van der Waals surface area contributed by atoms with Gasteiger partial charge in [-0.3, -0.25) is 14.5 Å². The molecule has 166 valence electrons. The van der Waals surface area contributed by atoms with E-state index >= 15 is 0 Å². The van der Waals surface area contributed by atoms with Gasteiger partial charge in [0, 0.05) is 13.1 Å². The first kappa shape index (κ1) is 22.8. The van der Waals surface area contributed by atoms with Crippen molar-refractivity contribution in [1.29, 1.82) is 0 Å². The molecule has 1 N–H and O–H groups in total. The molecule has 31 heavy (non-hydrogen) atoms. The van der Waals surface area contributed by atoms with Crippen LogP contribution in [0.4, 0.5) is 5.69 Å². The third-order valence-corrected chi connectivity index (χ3v) is 5.89. The van der Waals surface area contributed by atoms with Gasteiger partial charge in [0.25, 0.3) is 0 Å². The Balaban J connectivity index is 1.44. The molecular formula is C25H33N3O3. The van der Waals surface area contributed by atoms with Crippen LogP contribution in [0.5, 0.6) is 5.75 Å². The molecule has 0 spiro atoms. The predicted molar refractivity (Wildman–Crippen MR) is 123 cm³/mol. The monoisotopic (exact) mass is 423 g/mol. The van der Waals surface area contributed by atoms with Gasteiger partial charge in [-0.2, -0.15) is 0 Å². The van der Waals surface area contributed by atoms with Crippen LogP contribution in [-0.4, -0.2) is 61.4 Å². The summed E-state index contributed by atoms with van der Waals surface area (Å²) < 4.78 is 5.28. The summed E-state index contributed by atoms with van der Waals surface area (Å²) in [7, 11) is 1.57. The zero-order chi connectivity index (χ0) is 22.1. The summed E-state index contributed by atoms with van der Waals surface area (Å²) in [5.41, 5.74) is 2.00. The topological polar surface area (TPSA) is 61.9 Å². The van der Waals surface area contributed by atoms with Gasteiger partial charge >= 0.3 is 0 Å². The van der Waals surface area contributed by atoms with Crippen LogP contribution < -0.4 is 10.1 Å². The maximum atomic E-state index is 12.8. The summed E-state index contributed by atoms with van der Waals surface area (Å²) in [4.78, 5) is 29.1. The number of likely N-dealkylation sites (tertiary alicyclic amines) is 1. The number of anilines is 1. The average molecular weight is 424 g/mol. The molecule has 1 saturated heterocycles. The van der Waals surface area contributed by atoms with Crippen molar-refractivity contribution < 1.29 is 14.3 Å². The van der Waals surface area contributed by atoms with Crippen molar-refractivity contribution in [2.24, 2.45) is 5.92 Å². The number of nitrogens with zero attached hydrogens (tertiary/aromatic N) is 2. The molecule has 1 fully saturated rings. The Morgan fingerprint density at radius 3 is 2.39 bits per heavy atom. The third kappa shape index (κ3) is 6.82. The Labute approximate surface area is 185 Å². The van der Waals surface area contributed by atoms with Crippen molar-refractivity contribution in [3.63, 3.8) is 0 Å². The zero-order valence-corrected chi connectivity index (χ0v) is 18.5. The Kier molecular flexibility index (Phi) is 8.47. The molecule has 0 radical (unpaired) electrons. The van der Waals surface area contributed by atoms with E-state index in [2.05, 4.69) is 29.6 Å². The quantitative estimate of drug-likeness (QED) is 0.671. The highest BCUT2D eigenvalue weighted by Gasteiger charge is 2.24. The largest absolute Gasteiger partial charge is 0.495 e. The molecule has 3 rings (SSSR count). The van der Waals surface area contributed by atoms with Crippen LogP contribution in [0, 0.1) is 5.92 Å². The Morgan fingerprint density at radius 1 is 1.03 bits per heavy atom. The average Bonchev–Trinajstić information content (AvgIpc) is 2.80. The predicted octanol–water partition coefficient (Wildman–Crippen LogP) is 3.44. The molecule has 0 aromatic heterocycles. The van der Waals surface area contributed by atoms with Crippen LogP contribution in [0.2, 0.25) is 0 Å². The number of amides is 2. The lowest BCUT2D eigenvalue weighted by Gasteiger charge is -2.33. The molecule has 6 heteroatoms. The molecule has 0 atom stereocenters. The summed E-state index contributed by atoms with van der Waals surface area (Å²) in [5.74, 6) is 1.19. The summed E-state index contributed by atoms with van der Waals surface area (Å²) >= 11 is 0. The summed E-state index contributed by atoms with van der Waals surface area (Å²) in [5, 5.41) is 2.88. The summed E-state index contributed by atoms with van der Waals surface area (Å²) in [6, 6.07) is 17.9. The standard InChI is InChI=1S/C25H33N3O3/c1-3-27(18-24(29)26-22-11-7-8-12-23(22)31-2)19-25(30)28-15-13-21(14-16-28)17-20-9-5-4-6-10-20/h4-12,21H,3,13-19H2,1-2H3,(H,26,29). The van der Waals surface area contributed by atoms with E-state index in [-0.39, 0.29) is 24.9 Å². The van der Waals surface area contributed by atoms with E-state index in [0.717, 1.165) is 32.4 Å². The number of piperidine rings is 1. The molecular weight excluding hydrogens is 390 g/mol. The molecule has 1 heterocycles. The van der Waals surface area contributed by atoms with Gasteiger partial charge in [0.2, 0.25) is 11.8 Å². The van der Waals surface area contributed by atoms with Gasteiger partial charge in [-0.05, 0) is 49.4 Å². The first-order valence-electron chi connectivity index (χ1n) is 11.1. The smallest absolute Gasteiger partial charge is 0.238 e. The molecule has 6 nitrogen and oxygen atoms in total. The van der Waals surface area contributed by atoms with E-state index < -0.39 is 0 Å². The molecule has 2 aromatic rings. The fraction of sp³-hybridized carbons (Fsp3) is 0.440. The normalized spacial score (nSPS) is 14.5. The van der Waals surface area contributed by atoms with E-state index in [0.29, 0.717) is 23.9 Å². The fourth-order valence-corrected chi connectivity index (χ4v) is 4.05. The lowest BCUT2D eigenvalue weighted by Crippen LogP contribution is -2.46. The highest BCUT2D eigenvalue weighted by atomic mass is 16.5. The fourth-order valence-electron chi connectivity index (χ4n) is 4.05. The Morgan fingerprint density at radius 2 is 1.71 bits per heavy atom. The number of benzene rings is 2. The van der Waals surface area contributed by atoms with Crippen LogP contribution in [0.25, 0.3) is 0 Å². The summed E-state index contributed by atoms with van der Waals surface area (Å²) in [6.45, 7) is 4.62. The van der Waals surface area contributed by atoms with Crippen molar-refractivity contribution >= 4 is 17.5 Å². The van der Waals surface area contributed by atoms with E-state index in [1.54, 1.807) is 19.2 Å². The first-order valence-corrected chi connectivity index (χ1v) is 11.1. The molecule has 0 bridgehead atoms. The van der Waals surface area contributed by atoms with Crippen molar-refractivity contribution in [3.05, 3.63) is 60.2 Å². The summed E-state index contributed by atoms with van der Waals surface area (Å²) in [6.07, 6.45) is 3.13. The number of ether oxygens (including phenoxy) is 1. The second kappa shape index (κ2) is 11.5. The van der Waals surface area contributed by atoms with Crippen molar-refractivity contribution in [3.8, 4) is 5.75 Å². The number of para-hydroxylation sites is 2. The molecule has 1 aliphatic heterocycles. The number of likely N-dealkylation sites (N-methyl/N-ethyl adjacent to an activating group) is 1. The maximum absolute atomic E-state index is 12.8. The van der Waals surface area contributed by atoms with E-state index in [4.69, 9.17) is 4.74 Å². The Bertz CT molecular complexity index is 848. The van der Waals surface area contributed by atoms with Gasteiger partial charge in [0.1, 0.15) is 5.75 Å². The van der Waals surface area contributed by atoms with Gasteiger partial charge in [0.05, 0.1) is 25.9 Å². The lowest BCUT2D eigenvalue weighted by atomic mass is 9.90. The van der Waals surface area contributed by atoms with Gasteiger partial charge in [0.15, 0.2) is 0 Å². The highest BCUT2D eigenvalue weighted by molar-refractivity contribution is 5.94. The second-order valence-electron chi connectivity index (χ2n) is 8.07. The van der Waals surface area contributed by atoms with E-state index in [9.17, 15) is 9.59 Å². The minimum atomic E-state index is -0.152. The Hall–Kier alpha value is -2.86. The number of hydrogen-bond donors (Lipinski definition) is 1. The SMILES string of the molecule is CCN(CC(=O)Nc1ccccc1OC)CC(=O)N1CCC(Cc2ccccc2)CC1. The number of nitrogens with one attached hydrogen (secondary N) is 1. The van der Waals surface area contributed by atoms with E-state index in [1.165, 1.54) is 5.56 Å².